The molecular weight excluding hydrogens is 248 g/mol. The van der Waals surface area contributed by atoms with E-state index >= 15 is 0 Å². The van der Waals surface area contributed by atoms with Crippen molar-refractivity contribution in [3.05, 3.63) is 28.8 Å². The van der Waals surface area contributed by atoms with Gasteiger partial charge in [0.05, 0.1) is 7.11 Å². The Labute approximate surface area is 122 Å². The third kappa shape index (κ3) is 3.15. The van der Waals surface area contributed by atoms with Gasteiger partial charge in [-0.05, 0) is 42.9 Å². The Kier molecular flexibility index (Phi) is 4.58. The van der Waals surface area contributed by atoms with E-state index in [0.29, 0.717) is 0 Å². The fourth-order valence-electron chi connectivity index (χ4n) is 3.41. The number of aryl methyl sites for hydroxylation is 2. The van der Waals surface area contributed by atoms with Gasteiger partial charge in [-0.15, -0.1) is 0 Å². The molecule has 3 nitrogen and oxygen atoms in total. The molecule has 1 N–H and O–H groups in total. The largest absolute Gasteiger partial charge is 0.496 e. The topological polar surface area (TPSA) is 24.5 Å². The number of piperazine rings is 1. The highest BCUT2D eigenvalue weighted by atomic mass is 16.5. The predicted molar refractivity (Wildman–Crippen MR) is 82.4 cm³/mol. The maximum atomic E-state index is 5.65. The number of hydrogen-bond acceptors (Lipinski definition) is 3. The molecule has 1 aromatic carbocycles. The molecule has 20 heavy (non-hydrogen) atoms. The molecule has 3 rings (SSSR count). The Hall–Kier alpha value is -1.06. The van der Waals surface area contributed by atoms with Gasteiger partial charge in [0.25, 0.3) is 0 Å². The Bertz CT molecular complexity index is 453. The van der Waals surface area contributed by atoms with Gasteiger partial charge in [0.2, 0.25) is 0 Å². The molecule has 0 saturated carbocycles. The van der Waals surface area contributed by atoms with Crippen LogP contribution in [-0.2, 0) is 19.4 Å². The van der Waals surface area contributed by atoms with E-state index in [1.54, 1.807) is 12.7 Å². The molecule has 0 atom stereocenters. The van der Waals surface area contributed by atoms with Crippen LogP contribution in [0, 0.1) is 0 Å². The van der Waals surface area contributed by atoms with Gasteiger partial charge in [-0.1, -0.05) is 12.5 Å². The molecular formula is C17H26N2O. The fraction of sp³-hybridized carbons (Fsp3) is 0.647. The van der Waals surface area contributed by atoms with Crippen LogP contribution in [0.5, 0.6) is 5.75 Å². The number of nitrogens with zero attached hydrogens (tertiary/aromatic N) is 1. The highest BCUT2D eigenvalue weighted by Crippen LogP contribution is 2.29. The molecule has 0 unspecified atom stereocenters. The van der Waals surface area contributed by atoms with Gasteiger partial charge in [-0.25, -0.2) is 0 Å². The van der Waals surface area contributed by atoms with E-state index in [4.69, 9.17) is 4.74 Å². The third-order valence-corrected chi connectivity index (χ3v) is 4.60. The highest BCUT2D eigenvalue weighted by Gasteiger charge is 2.16. The van der Waals surface area contributed by atoms with Crippen molar-refractivity contribution in [2.45, 2.75) is 38.6 Å². The van der Waals surface area contributed by atoms with E-state index in [-0.39, 0.29) is 0 Å². The van der Waals surface area contributed by atoms with Gasteiger partial charge in [0.15, 0.2) is 0 Å². The lowest BCUT2D eigenvalue weighted by molar-refractivity contribution is 0.230. The number of benzene rings is 1. The molecule has 3 heteroatoms. The molecule has 0 spiro atoms. The van der Waals surface area contributed by atoms with Crippen LogP contribution in [0.4, 0.5) is 0 Å². The number of fused-ring (bicyclic) bond motifs is 1. The average molecular weight is 274 g/mol. The second-order valence-electron chi connectivity index (χ2n) is 6.02. The first-order valence-electron chi connectivity index (χ1n) is 7.98. The first-order chi connectivity index (χ1) is 9.86. The normalized spacial score (nSPS) is 20.2. The van der Waals surface area contributed by atoms with Crippen molar-refractivity contribution in [1.29, 1.82) is 0 Å². The van der Waals surface area contributed by atoms with Crippen molar-refractivity contribution in [3.63, 3.8) is 0 Å². The molecule has 0 bridgehead atoms. The van der Waals surface area contributed by atoms with Crippen LogP contribution >= 0.6 is 0 Å². The molecule has 1 aromatic rings. The number of hydrogen-bond donors (Lipinski definition) is 1. The lowest BCUT2D eigenvalue weighted by Gasteiger charge is -2.28. The summed E-state index contributed by atoms with van der Waals surface area (Å²) in [4.78, 5) is 2.53. The lowest BCUT2D eigenvalue weighted by atomic mass is 9.98. The first kappa shape index (κ1) is 13.9. The van der Waals surface area contributed by atoms with Crippen molar-refractivity contribution in [2.75, 3.05) is 33.3 Å². The highest BCUT2D eigenvalue weighted by molar-refractivity contribution is 5.43. The summed E-state index contributed by atoms with van der Waals surface area (Å²) in [7, 11) is 1.81. The predicted octanol–water partition coefficient (Wildman–Crippen LogP) is 2.37. The standard InChI is InChI=1S/C17H26N2O/c1-20-17-12-15-6-4-2-3-5-14(15)11-16(17)13-19-9-7-18-8-10-19/h11-12,18H,2-10,13H2,1H3. The lowest BCUT2D eigenvalue weighted by Crippen LogP contribution is -2.42. The Balaban J connectivity index is 1.82. The molecule has 0 radical (unpaired) electrons. The second kappa shape index (κ2) is 6.59. The maximum absolute atomic E-state index is 5.65. The van der Waals surface area contributed by atoms with Crippen LogP contribution in [0.25, 0.3) is 0 Å². The number of rotatable bonds is 3. The first-order valence-corrected chi connectivity index (χ1v) is 7.98. The van der Waals surface area contributed by atoms with Crippen LogP contribution in [0.15, 0.2) is 12.1 Å². The Morgan fingerprint density at radius 2 is 1.75 bits per heavy atom. The summed E-state index contributed by atoms with van der Waals surface area (Å²) in [6, 6.07) is 4.72. The summed E-state index contributed by atoms with van der Waals surface area (Å²) < 4.78 is 5.65. The van der Waals surface area contributed by atoms with Crippen LogP contribution in [0.1, 0.15) is 36.0 Å². The molecule has 0 aromatic heterocycles. The summed E-state index contributed by atoms with van der Waals surface area (Å²) >= 11 is 0. The van der Waals surface area contributed by atoms with E-state index in [2.05, 4.69) is 22.3 Å². The molecule has 1 aliphatic carbocycles. The summed E-state index contributed by atoms with van der Waals surface area (Å²) in [5, 5.41) is 3.41. The molecule has 1 heterocycles. The number of nitrogens with one attached hydrogen (secondary N) is 1. The summed E-state index contributed by atoms with van der Waals surface area (Å²) in [6.45, 7) is 5.51. The molecule has 110 valence electrons. The van der Waals surface area contributed by atoms with Crippen molar-refractivity contribution in [3.8, 4) is 5.75 Å². The molecule has 0 amide bonds. The van der Waals surface area contributed by atoms with Crippen molar-refractivity contribution in [1.82, 2.24) is 10.2 Å². The quantitative estimate of drug-likeness (QED) is 0.857. The minimum absolute atomic E-state index is 1.03. The van der Waals surface area contributed by atoms with Gasteiger partial charge >= 0.3 is 0 Å². The summed E-state index contributed by atoms with van der Waals surface area (Å²) in [5.41, 5.74) is 4.45. The van der Waals surface area contributed by atoms with E-state index in [0.717, 1.165) is 38.5 Å². The third-order valence-electron chi connectivity index (χ3n) is 4.60. The Morgan fingerprint density at radius 1 is 1.05 bits per heavy atom. The smallest absolute Gasteiger partial charge is 0.123 e. The van der Waals surface area contributed by atoms with Gasteiger partial charge in [0, 0.05) is 38.3 Å². The van der Waals surface area contributed by atoms with Crippen LogP contribution in [0.2, 0.25) is 0 Å². The zero-order valence-corrected chi connectivity index (χ0v) is 12.6. The van der Waals surface area contributed by atoms with E-state index in [1.165, 1.54) is 43.2 Å². The average Bonchev–Trinajstić information content (AvgIpc) is 2.72. The zero-order chi connectivity index (χ0) is 13.8. The SMILES string of the molecule is COc1cc2c(cc1CN1CCNCC1)CCCCC2. The molecule has 2 aliphatic rings. The molecule has 1 aliphatic heterocycles. The van der Waals surface area contributed by atoms with E-state index in [1.807, 2.05) is 0 Å². The second-order valence-corrected chi connectivity index (χ2v) is 6.02. The number of ether oxygens (including phenoxy) is 1. The summed E-state index contributed by atoms with van der Waals surface area (Å²) in [6.07, 6.45) is 6.50. The maximum Gasteiger partial charge on any atom is 0.123 e. The van der Waals surface area contributed by atoms with Gasteiger partial charge < -0.3 is 10.1 Å². The van der Waals surface area contributed by atoms with Crippen LogP contribution in [0.3, 0.4) is 0 Å². The summed E-state index contributed by atoms with van der Waals surface area (Å²) in [5.74, 6) is 1.09. The monoisotopic (exact) mass is 274 g/mol. The van der Waals surface area contributed by atoms with Crippen LogP contribution in [-0.4, -0.2) is 38.2 Å². The molecule has 1 fully saturated rings. The van der Waals surface area contributed by atoms with Gasteiger partial charge in [0.1, 0.15) is 5.75 Å². The van der Waals surface area contributed by atoms with Gasteiger partial charge in [-0.3, -0.25) is 4.90 Å². The van der Waals surface area contributed by atoms with Gasteiger partial charge in [-0.2, -0.15) is 0 Å². The number of methoxy groups -OCH3 is 1. The Morgan fingerprint density at radius 3 is 2.45 bits per heavy atom. The zero-order valence-electron chi connectivity index (χ0n) is 12.6. The van der Waals surface area contributed by atoms with Crippen molar-refractivity contribution >= 4 is 0 Å². The minimum Gasteiger partial charge on any atom is -0.496 e. The van der Waals surface area contributed by atoms with Crippen molar-refractivity contribution < 1.29 is 4.74 Å². The minimum atomic E-state index is 1.03. The fourth-order valence-corrected chi connectivity index (χ4v) is 3.41. The van der Waals surface area contributed by atoms with E-state index < -0.39 is 0 Å². The van der Waals surface area contributed by atoms with E-state index in [9.17, 15) is 0 Å². The van der Waals surface area contributed by atoms with Crippen molar-refractivity contribution in [2.24, 2.45) is 0 Å². The molecule has 1 saturated heterocycles. The van der Waals surface area contributed by atoms with Crippen LogP contribution < -0.4 is 10.1 Å².